The Labute approximate surface area is 82.1 Å². The van der Waals surface area contributed by atoms with Gasteiger partial charge in [0.15, 0.2) is 5.60 Å². The molecule has 1 aliphatic heterocycles. The van der Waals surface area contributed by atoms with Crippen LogP contribution in [-0.2, 0) is 4.79 Å². The predicted octanol–water partition coefficient (Wildman–Crippen LogP) is 1.71. The van der Waals surface area contributed by atoms with Crippen LogP contribution < -0.4 is 15.8 Å². The molecule has 73 valence electrons. The van der Waals surface area contributed by atoms with Gasteiger partial charge in [-0.25, -0.2) is 0 Å². The van der Waals surface area contributed by atoms with Gasteiger partial charge in [-0.3, -0.25) is 4.79 Å². The van der Waals surface area contributed by atoms with Crippen LogP contribution in [0, 0.1) is 0 Å². The van der Waals surface area contributed by atoms with E-state index < -0.39 is 5.60 Å². The quantitative estimate of drug-likeness (QED) is 0.678. The molecule has 1 amide bonds. The minimum absolute atomic E-state index is 0.185. The van der Waals surface area contributed by atoms with Crippen molar-refractivity contribution in [2.75, 3.05) is 5.32 Å². The molecule has 0 fully saturated rings. The van der Waals surface area contributed by atoms with Crippen LogP contribution in [0.25, 0.3) is 0 Å². The number of nitrogens with one attached hydrogen (secondary N) is 2. The lowest BCUT2D eigenvalue weighted by atomic mass is 10.1. The zero-order valence-electron chi connectivity index (χ0n) is 8.05. The number of rotatable bonds is 0. The highest BCUT2D eigenvalue weighted by molar-refractivity contribution is 6.00. The van der Waals surface area contributed by atoms with Crippen LogP contribution in [0.5, 0.6) is 5.75 Å². The van der Waals surface area contributed by atoms with Gasteiger partial charge in [0.05, 0.1) is 11.4 Å². The fourth-order valence-electron chi connectivity index (χ4n) is 1.31. The van der Waals surface area contributed by atoms with E-state index in [1.807, 2.05) is 0 Å². The second-order valence-electron chi connectivity index (χ2n) is 3.78. The Kier molecular flexibility index (Phi) is 1.67. The Morgan fingerprint density at radius 2 is 2.14 bits per heavy atom. The van der Waals surface area contributed by atoms with Crippen molar-refractivity contribution in [1.29, 1.82) is 0 Å². The average Bonchev–Trinajstić information content (AvgIpc) is 2.08. The molecule has 0 aliphatic carbocycles. The van der Waals surface area contributed by atoms with Crippen molar-refractivity contribution in [1.82, 2.24) is 5.73 Å². The van der Waals surface area contributed by atoms with Crippen molar-refractivity contribution in [3.8, 4) is 5.75 Å². The van der Waals surface area contributed by atoms with E-state index in [1.165, 1.54) is 0 Å². The first-order chi connectivity index (χ1) is 6.49. The number of amides is 1. The van der Waals surface area contributed by atoms with Crippen molar-refractivity contribution in [3.63, 3.8) is 0 Å². The van der Waals surface area contributed by atoms with E-state index in [2.05, 4.69) is 5.32 Å². The number of anilines is 1. The van der Waals surface area contributed by atoms with E-state index in [1.54, 1.807) is 32.0 Å². The molecule has 2 rings (SSSR count). The van der Waals surface area contributed by atoms with E-state index in [4.69, 9.17) is 10.5 Å². The molecule has 0 spiro atoms. The molecule has 1 radical (unpaired) electrons. The normalized spacial score (nSPS) is 18.0. The number of ether oxygens (including phenoxy) is 1. The summed E-state index contributed by atoms with van der Waals surface area (Å²) in [6.07, 6.45) is 0. The molecule has 0 aromatic heterocycles. The summed E-state index contributed by atoms with van der Waals surface area (Å²) in [7, 11) is 0. The zero-order chi connectivity index (χ0) is 10.3. The molecule has 0 bridgehead atoms. The lowest BCUT2D eigenvalue weighted by Crippen LogP contribution is -2.45. The summed E-state index contributed by atoms with van der Waals surface area (Å²) < 4.78 is 5.49. The Bertz CT molecular complexity index is 399. The molecule has 1 heterocycles. The summed E-state index contributed by atoms with van der Waals surface area (Å²) in [5.41, 5.74) is 7.48. The molecule has 1 aliphatic rings. The fraction of sp³-hybridized carbons (Fsp3) is 0.300. The molecule has 0 unspecified atom stereocenters. The van der Waals surface area contributed by atoms with E-state index in [-0.39, 0.29) is 5.91 Å². The Morgan fingerprint density at radius 1 is 1.43 bits per heavy atom. The summed E-state index contributed by atoms with van der Waals surface area (Å²) in [6.45, 7) is 3.42. The van der Waals surface area contributed by atoms with Crippen LogP contribution in [0.15, 0.2) is 18.2 Å². The lowest BCUT2D eigenvalue weighted by Gasteiger charge is -2.31. The van der Waals surface area contributed by atoms with Crippen LogP contribution in [-0.4, -0.2) is 11.5 Å². The molecule has 4 heteroatoms. The number of hydrogen-bond acceptors (Lipinski definition) is 2. The molecule has 14 heavy (non-hydrogen) atoms. The third-order valence-corrected chi connectivity index (χ3v) is 2.14. The summed E-state index contributed by atoms with van der Waals surface area (Å²) >= 11 is 0. The topological polar surface area (TPSA) is 62.1 Å². The number of fused-ring (bicyclic) bond motifs is 1. The zero-order valence-corrected chi connectivity index (χ0v) is 8.05. The highest BCUT2D eigenvalue weighted by Gasteiger charge is 2.35. The van der Waals surface area contributed by atoms with Crippen LogP contribution in [0.1, 0.15) is 13.8 Å². The molecule has 4 nitrogen and oxygen atoms in total. The van der Waals surface area contributed by atoms with E-state index in [0.717, 1.165) is 0 Å². The van der Waals surface area contributed by atoms with Gasteiger partial charge in [0, 0.05) is 0 Å². The number of carbonyl (C=O) groups is 1. The second-order valence-corrected chi connectivity index (χ2v) is 3.78. The minimum Gasteiger partial charge on any atom is -0.476 e. The standard InChI is InChI=1S/C10H11N2O2/c1-10(2)9(13)12-7-5-6(11)3-4-8(7)14-10/h3-5,11H,1-2H3,(H,12,13). The minimum atomic E-state index is -0.837. The van der Waals surface area contributed by atoms with Gasteiger partial charge in [-0.2, -0.15) is 0 Å². The van der Waals surface area contributed by atoms with Crippen molar-refractivity contribution in [2.45, 2.75) is 19.4 Å². The number of carbonyl (C=O) groups excluding carboxylic acids is 1. The van der Waals surface area contributed by atoms with E-state index in [0.29, 0.717) is 17.1 Å². The number of benzene rings is 1. The molecule has 1 aromatic rings. The molecule has 0 atom stereocenters. The van der Waals surface area contributed by atoms with Gasteiger partial charge in [0.1, 0.15) is 5.75 Å². The molecule has 0 saturated heterocycles. The maximum Gasteiger partial charge on any atom is 0.268 e. The predicted molar refractivity (Wildman–Crippen MR) is 52.5 cm³/mol. The second kappa shape index (κ2) is 2.64. The van der Waals surface area contributed by atoms with Crippen LogP contribution in [0.2, 0.25) is 0 Å². The maximum atomic E-state index is 11.5. The Morgan fingerprint density at radius 3 is 2.86 bits per heavy atom. The Balaban J connectivity index is 2.46. The SMILES string of the molecule is CC1(C)Oc2ccc([NH])cc2NC1=O. The van der Waals surface area contributed by atoms with Crippen molar-refractivity contribution < 1.29 is 9.53 Å². The summed E-state index contributed by atoms with van der Waals surface area (Å²) in [5, 5.41) is 2.71. The van der Waals surface area contributed by atoms with Crippen LogP contribution in [0.4, 0.5) is 11.4 Å². The highest BCUT2D eigenvalue weighted by atomic mass is 16.5. The lowest BCUT2D eigenvalue weighted by molar-refractivity contribution is -0.129. The van der Waals surface area contributed by atoms with Gasteiger partial charge in [0.2, 0.25) is 0 Å². The monoisotopic (exact) mass is 191 g/mol. The molecule has 2 N–H and O–H groups in total. The van der Waals surface area contributed by atoms with Gasteiger partial charge in [0.25, 0.3) is 5.91 Å². The van der Waals surface area contributed by atoms with E-state index >= 15 is 0 Å². The third-order valence-electron chi connectivity index (χ3n) is 2.14. The summed E-state index contributed by atoms with van der Waals surface area (Å²) in [6, 6.07) is 4.90. The first kappa shape index (κ1) is 8.87. The van der Waals surface area contributed by atoms with Gasteiger partial charge in [-0.05, 0) is 32.0 Å². The summed E-state index contributed by atoms with van der Waals surface area (Å²) in [5.74, 6) is 0.432. The molecular weight excluding hydrogens is 180 g/mol. The largest absolute Gasteiger partial charge is 0.476 e. The average molecular weight is 191 g/mol. The molecular formula is C10H11N2O2. The van der Waals surface area contributed by atoms with Crippen molar-refractivity contribution in [3.05, 3.63) is 18.2 Å². The third kappa shape index (κ3) is 1.28. The van der Waals surface area contributed by atoms with Gasteiger partial charge >= 0.3 is 0 Å². The first-order valence-corrected chi connectivity index (χ1v) is 4.35. The van der Waals surface area contributed by atoms with Crippen molar-refractivity contribution in [2.24, 2.45) is 0 Å². The number of hydrogen-bond donors (Lipinski definition) is 1. The van der Waals surface area contributed by atoms with Crippen molar-refractivity contribution >= 4 is 17.3 Å². The molecule has 1 aromatic carbocycles. The fourth-order valence-corrected chi connectivity index (χ4v) is 1.31. The van der Waals surface area contributed by atoms with Gasteiger partial charge in [-0.1, -0.05) is 0 Å². The first-order valence-electron chi connectivity index (χ1n) is 4.35. The Hall–Kier alpha value is -1.71. The van der Waals surface area contributed by atoms with Crippen LogP contribution in [0.3, 0.4) is 0 Å². The van der Waals surface area contributed by atoms with Gasteiger partial charge < -0.3 is 15.8 Å². The maximum absolute atomic E-state index is 11.5. The highest BCUT2D eigenvalue weighted by Crippen LogP contribution is 2.34. The van der Waals surface area contributed by atoms with Crippen LogP contribution >= 0.6 is 0 Å². The smallest absolute Gasteiger partial charge is 0.268 e. The molecule has 0 saturated carbocycles. The van der Waals surface area contributed by atoms with Gasteiger partial charge in [-0.15, -0.1) is 0 Å². The van der Waals surface area contributed by atoms with E-state index in [9.17, 15) is 4.79 Å². The summed E-state index contributed by atoms with van der Waals surface area (Å²) in [4.78, 5) is 11.5.